The van der Waals surface area contributed by atoms with Gasteiger partial charge in [-0.15, -0.1) is 0 Å². The van der Waals surface area contributed by atoms with Crippen LogP contribution >= 0.6 is 0 Å². The Morgan fingerprint density at radius 2 is 1.65 bits per heavy atom. The van der Waals surface area contributed by atoms with Gasteiger partial charge in [0.05, 0.1) is 0 Å². The summed E-state index contributed by atoms with van der Waals surface area (Å²) in [5.41, 5.74) is -0.182. The molecule has 26 heavy (non-hydrogen) atoms. The smallest absolute Gasteiger partial charge is 0.245 e. The molecular weight excluding hydrogens is 326 g/mol. The fourth-order valence-corrected chi connectivity index (χ4v) is 6.53. The average molecular weight is 362 g/mol. The van der Waals surface area contributed by atoms with Gasteiger partial charge in [0.15, 0.2) is 0 Å². The molecule has 4 saturated carbocycles. The quantitative estimate of drug-likeness (QED) is 0.807. The lowest BCUT2D eigenvalue weighted by molar-refractivity contribution is -0.150. The second-order valence-corrected chi connectivity index (χ2v) is 10.0. The molecule has 0 aromatic heterocycles. The molecule has 0 spiro atoms. The van der Waals surface area contributed by atoms with Crippen molar-refractivity contribution in [3.05, 3.63) is 0 Å². The zero-order valence-corrected chi connectivity index (χ0v) is 16.6. The van der Waals surface area contributed by atoms with E-state index in [0.717, 1.165) is 56.7 Å². The van der Waals surface area contributed by atoms with E-state index >= 15 is 0 Å². The molecule has 2 N–H and O–H groups in total. The Labute approximate surface area is 157 Å². The predicted molar refractivity (Wildman–Crippen MR) is 101 cm³/mol. The number of amides is 2. The summed E-state index contributed by atoms with van der Waals surface area (Å²) in [6, 6.07) is -0.0693. The third-order valence-electron chi connectivity index (χ3n) is 7.42. The number of nitrogens with one attached hydrogen (secondary N) is 2. The van der Waals surface area contributed by atoms with Crippen LogP contribution in [0.2, 0.25) is 0 Å². The van der Waals surface area contributed by atoms with Crippen molar-refractivity contribution < 1.29 is 9.59 Å². The molecule has 2 amide bonds. The van der Waals surface area contributed by atoms with Gasteiger partial charge >= 0.3 is 0 Å². The van der Waals surface area contributed by atoms with Crippen LogP contribution in [0, 0.1) is 29.1 Å². The first-order valence-electron chi connectivity index (χ1n) is 10.7. The Morgan fingerprint density at radius 1 is 1.08 bits per heavy atom. The fourth-order valence-electron chi connectivity index (χ4n) is 6.53. The first kappa shape index (κ1) is 18.3. The Hall–Kier alpha value is -1.10. The molecule has 5 fully saturated rings. The van der Waals surface area contributed by atoms with Crippen LogP contribution in [-0.4, -0.2) is 48.4 Å². The molecule has 2 unspecified atom stereocenters. The molecule has 5 heteroatoms. The SMILES string of the molecule is CC1CN(C(=O)C(NC(=O)C23CC4CC(CC(C4)C2)C3)C(C)C)CCN1. The molecule has 1 aliphatic heterocycles. The van der Waals surface area contributed by atoms with Gasteiger partial charge in [-0.3, -0.25) is 9.59 Å². The monoisotopic (exact) mass is 361 g/mol. The lowest BCUT2D eigenvalue weighted by Gasteiger charge is -2.56. The maximum absolute atomic E-state index is 13.4. The van der Waals surface area contributed by atoms with Crippen LogP contribution in [0.3, 0.4) is 0 Å². The van der Waals surface area contributed by atoms with Crippen LogP contribution < -0.4 is 10.6 Å². The van der Waals surface area contributed by atoms with E-state index in [9.17, 15) is 9.59 Å². The predicted octanol–water partition coefficient (Wildman–Crippen LogP) is 2.16. The Kier molecular flexibility index (Phi) is 4.79. The number of carbonyl (C=O) groups is 2. The van der Waals surface area contributed by atoms with Crippen molar-refractivity contribution in [2.45, 2.75) is 71.4 Å². The molecule has 5 aliphatic rings. The second-order valence-electron chi connectivity index (χ2n) is 10.0. The van der Waals surface area contributed by atoms with Gasteiger partial charge in [0.1, 0.15) is 6.04 Å². The largest absolute Gasteiger partial charge is 0.344 e. The van der Waals surface area contributed by atoms with E-state index in [4.69, 9.17) is 0 Å². The summed E-state index contributed by atoms with van der Waals surface area (Å²) in [4.78, 5) is 28.4. The molecule has 0 radical (unpaired) electrons. The van der Waals surface area contributed by atoms with Crippen molar-refractivity contribution in [3.8, 4) is 0 Å². The van der Waals surface area contributed by atoms with Crippen molar-refractivity contribution >= 4 is 11.8 Å². The minimum atomic E-state index is -0.388. The Balaban J connectivity index is 1.46. The van der Waals surface area contributed by atoms with E-state index in [1.54, 1.807) is 0 Å². The van der Waals surface area contributed by atoms with Gasteiger partial charge in [0.25, 0.3) is 0 Å². The molecule has 4 aliphatic carbocycles. The van der Waals surface area contributed by atoms with E-state index in [1.807, 2.05) is 18.7 Å². The summed E-state index contributed by atoms with van der Waals surface area (Å²) >= 11 is 0. The molecular formula is C21H35N3O2. The van der Waals surface area contributed by atoms with Crippen LogP contribution in [0.1, 0.15) is 59.3 Å². The van der Waals surface area contributed by atoms with Gasteiger partial charge in [-0.25, -0.2) is 0 Å². The third kappa shape index (κ3) is 3.28. The first-order valence-corrected chi connectivity index (χ1v) is 10.7. The molecule has 5 nitrogen and oxygen atoms in total. The topological polar surface area (TPSA) is 61.4 Å². The van der Waals surface area contributed by atoms with E-state index in [0.29, 0.717) is 6.04 Å². The zero-order valence-electron chi connectivity index (χ0n) is 16.6. The van der Waals surface area contributed by atoms with E-state index in [1.165, 1.54) is 19.3 Å². The van der Waals surface area contributed by atoms with Crippen molar-refractivity contribution in [2.75, 3.05) is 19.6 Å². The number of piperazine rings is 1. The van der Waals surface area contributed by atoms with Crippen molar-refractivity contribution in [2.24, 2.45) is 29.1 Å². The summed E-state index contributed by atoms with van der Waals surface area (Å²) < 4.78 is 0. The van der Waals surface area contributed by atoms with Crippen molar-refractivity contribution in [1.82, 2.24) is 15.5 Å². The molecule has 2 atom stereocenters. The summed E-state index contributed by atoms with van der Waals surface area (Å²) in [5, 5.41) is 6.62. The van der Waals surface area contributed by atoms with Gasteiger partial charge in [-0.1, -0.05) is 13.8 Å². The van der Waals surface area contributed by atoms with Gasteiger partial charge < -0.3 is 15.5 Å². The number of nitrogens with zero attached hydrogens (tertiary/aromatic N) is 1. The summed E-state index contributed by atoms with van der Waals surface area (Å²) in [6.45, 7) is 8.51. The third-order valence-corrected chi connectivity index (χ3v) is 7.42. The van der Waals surface area contributed by atoms with Crippen molar-refractivity contribution in [3.63, 3.8) is 0 Å². The Morgan fingerprint density at radius 3 is 2.15 bits per heavy atom. The van der Waals surface area contributed by atoms with Gasteiger partial charge in [0, 0.05) is 31.1 Å². The van der Waals surface area contributed by atoms with Crippen LogP contribution in [-0.2, 0) is 9.59 Å². The minimum Gasteiger partial charge on any atom is -0.344 e. The standard InChI is InChI=1S/C21H35N3O2/c1-13(2)18(19(25)24-5-4-22-14(3)12-24)23-20(26)21-9-15-6-16(10-21)8-17(7-15)11-21/h13-18,22H,4-12H2,1-3H3,(H,23,26). The number of hydrogen-bond acceptors (Lipinski definition) is 3. The lowest BCUT2D eigenvalue weighted by atomic mass is 9.49. The van der Waals surface area contributed by atoms with Crippen LogP contribution in [0.15, 0.2) is 0 Å². The molecule has 0 aromatic carbocycles. The number of carbonyl (C=O) groups excluding carboxylic acids is 2. The number of hydrogen-bond donors (Lipinski definition) is 2. The van der Waals surface area contributed by atoms with E-state index in [2.05, 4.69) is 17.6 Å². The first-order chi connectivity index (χ1) is 12.4. The second kappa shape index (κ2) is 6.81. The number of rotatable bonds is 4. The maximum Gasteiger partial charge on any atom is 0.245 e. The summed E-state index contributed by atoms with van der Waals surface area (Å²) in [5.74, 6) is 2.63. The van der Waals surface area contributed by atoms with E-state index in [-0.39, 0.29) is 29.2 Å². The molecule has 5 rings (SSSR count). The van der Waals surface area contributed by atoms with Gasteiger partial charge in [-0.05, 0) is 69.1 Å². The van der Waals surface area contributed by atoms with Crippen LogP contribution in [0.25, 0.3) is 0 Å². The molecule has 146 valence electrons. The average Bonchev–Trinajstić information content (AvgIpc) is 2.57. The van der Waals surface area contributed by atoms with Crippen LogP contribution in [0.5, 0.6) is 0 Å². The van der Waals surface area contributed by atoms with Crippen LogP contribution in [0.4, 0.5) is 0 Å². The van der Waals surface area contributed by atoms with E-state index < -0.39 is 0 Å². The molecule has 4 bridgehead atoms. The van der Waals surface area contributed by atoms with Gasteiger partial charge in [-0.2, -0.15) is 0 Å². The highest BCUT2D eigenvalue weighted by Crippen LogP contribution is 2.60. The molecule has 1 saturated heterocycles. The summed E-state index contributed by atoms with van der Waals surface area (Å²) in [7, 11) is 0. The Bertz CT molecular complexity index is 538. The highest BCUT2D eigenvalue weighted by Gasteiger charge is 2.55. The maximum atomic E-state index is 13.4. The zero-order chi connectivity index (χ0) is 18.5. The lowest BCUT2D eigenvalue weighted by Crippen LogP contribution is -2.61. The highest BCUT2D eigenvalue weighted by molar-refractivity contribution is 5.90. The molecule has 0 aromatic rings. The van der Waals surface area contributed by atoms with Gasteiger partial charge in [0.2, 0.25) is 11.8 Å². The van der Waals surface area contributed by atoms with Crippen molar-refractivity contribution in [1.29, 1.82) is 0 Å². The summed E-state index contributed by atoms with van der Waals surface area (Å²) in [6.07, 6.45) is 7.14. The fraction of sp³-hybridized carbons (Fsp3) is 0.905. The minimum absolute atomic E-state index is 0.103. The normalized spacial score (nSPS) is 39.9. The highest BCUT2D eigenvalue weighted by atomic mass is 16.2. The molecule has 1 heterocycles.